The van der Waals surface area contributed by atoms with Gasteiger partial charge in [0.2, 0.25) is 5.95 Å². The number of carbonyl (C=O) groups is 1. The Morgan fingerprint density at radius 1 is 1.46 bits per heavy atom. The van der Waals surface area contributed by atoms with E-state index < -0.39 is 5.97 Å². The maximum absolute atomic E-state index is 11.2. The van der Waals surface area contributed by atoms with Crippen LogP contribution in [0.1, 0.15) is 22.4 Å². The molecule has 3 N–H and O–H groups in total. The fourth-order valence-corrected chi connectivity index (χ4v) is 3.40. The maximum atomic E-state index is 11.2. The van der Waals surface area contributed by atoms with Gasteiger partial charge < -0.3 is 20.5 Å². The van der Waals surface area contributed by atoms with Crippen molar-refractivity contribution in [3.63, 3.8) is 0 Å². The van der Waals surface area contributed by atoms with Gasteiger partial charge in [-0.1, -0.05) is 11.6 Å². The average Bonchev–Trinajstić information content (AvgIpc) is 2.87. The molecule has 3 heterocycles. The normalized spacial score (nSPS) is 14.6. The summed E-state index contributed by atoms with van der Waals surface area (Å²) in [6, 6.07) is 0. The molecule has 8 nitrogen and oxygen atoms in total. The van der Waals surface area contributed by atoms with Gasteiger partial charge in [0.05, 0.1) is 24.9 Å². The molecule has 3 rings (SSSR count). The third-order valence-corrected chi connectivity index (χ3v) is 4.51. The van der Waals surface area contributed by atoms with Gasteiger partial charge in [0, 0.05) is 29.9 Å². The van der Waals surface area contributed by atoms with Gasteiger partial charge in [0.25, 0.3) is 0 Å². The number of nitrogens with two attached hydrogens (primary N) is 1. The summed E-state index contributed by atoms with van der Waals surface area (Å²) in [5.74, 6) is 0.236. The van der Waals surface area contributed by atoms with Crippen molar-refractivity contribution in [3.8, 4) is 5.75 Å². The van der Waals surface area contributed by atoms with Crippen molar-refractivity contribution in [3.05, 3.63) is 39.8 Å². The van der Waals surface area contributed by atoms with Crippen molar-refractivity contribution in [2.24, 2.45) is 0 Å². The van der Waals surface area contributed by atoms with Gasteiger partial charge in [-0.3, -0.25) is 4.98 Å². The number of halogens is 1. The highest BCUT2D eigenvalue weighted by Crippen LogP contribution is 2.39. The number of nitrogens with zero attached hydrogens (tertiary/aromatic N) is 4. The third-order valence-electron chi connectivity index (χ3n) is 4.23. The molecule has 0 atom stereocenters. The van der Waals surface area contributed by atoms with Crippen molar-refractivity contribution >= 4 is 34.9 Å². The smallest absolute Gasteiger partial charge is 0.328 e. The molecular formula is C17H18ClN5O3. The molecule has 2 aromatic heterocycles. The molecule has 0 amide bonds. The molecular weight excluding hydrogens is 358 g/mol. The van der Waals surface area contributed by atoms with Crippen LogP contribution in [0, 0.1) is 13.8 Å². The number of ether oxygens (including phenoxy) is 1. The zero-order valence-electron chi connectivity index (χ0n) is 14.6. The van der Waals surface area contributed by atoms with Crippen LogP contribution in [0.15, 0.2) is 12.3 Å². The number of carboxylic acids is 1. The van der Waals surface area contributed by atoms with Gasteiger partial charge in [-0.15, -0.1) is 0 Å². The third kappa shape index (κ3) is 3.15. The molecule has 0 saturated carbocycles. The quantitative estimate of drug-likeness (QED) is 0.617. The SMILES string of the molecule is COc1c(C)cnc(CN2C/C(=C\C(=O)O)c3c(Cl)nc(N)nc32)c1C. The van der Waals surface area contributed by atoms with E-state index in [1.165, 1.54) is 0 Å². The Bertz CT molecular complexity index is 929. The lowest BCUT2D eigenvalue weighted by molar-refractivity contribution is -0.131. The molecule has 0 unspecified atom stereocenters. The molecule has 0 fully saturated rings. The first-order valence-electron chi connectivity index (χ1n) is 7.82. The fraction of sp³-hybridized carbons (Fsp3) is 0.294. The Hall–Kier alpha value is -2.87. The minimum atomic E-state index is -1.06. The number of anilines is 2. The summed E-state index contributed by atoms with van der Waals surface area (Å²) in [4.78, 5) is 25.7. The first-order chi connectivity index (χ1) is 12.3. The minimum absolute atomic E-state index is 0.0292. The number of methoxy groups -OCH3 is 1. The summed E-state index contributed by atoms with van der Waals surface area (Å²) in [6.45, 7) is 4.58. The Kier molecular flexibility index (Phi) is 4.69. The second-order valence-electron chi connectivity index (χ2n) is 5.98. The number of fused-ring (bicyclic) bond motifs is 1. The van der Waals surface area contributed by atoms with Crippen molar-refractivity contribution in [1.29, 1.82) is 0 Å². The van der Waals surface area contributed by atoms with Gasteiger partial charge in [0.1, 0.15) is 16.7 Å². The largest absolute Gasteiger partial charge is 0.496 e. The monoisotopic (exact) mass is 375 g/mol. The Balaban J connectivity index is 2.05. The Morgan fingerprint density at radius 3 is 2.85 bits per heavy atom. The van der Waals surface area contributed by atoms with Gasteiger partial charge in [-0.05, 0) is 19.4 Å². The second kappa shape index (κ2) is 6.80. The lowest BCUT2D eigenvalue weighted by Gasteiger charge is -2.20. The summed E-state index contributed by atoms with van der Waals surface area (Å²) in [6.07, 6.45) is 2.85. The Labute approximate surface area is 155 Å². The van der Waals surface area contributed by atoms with E-state index in [9.17, 15) is 4.79 Å². The zero-order valence-corrected chi connectivity index (χ0v) is 15.3. The minimum Gasteiger partial charge on any atom is -0.496 e. The molecule has 136 valence electrons. The standard InChI is InChI=1S/C17H18ClN5O3/c1-8-5-20-11(9(2)14(8)26-3)7-23-6-10(4-12(24)25)13-15(18)21-17(19)22-16(13)23/h4-5H,6-7H2,1-3H3,(H,24,25)(H2,19,21,22)/b10-4+. The predicted octanol–water partition coefficient (Wildman–Crippen LogP) is 2.22. The van der Waals surface area contributed by atoms with Crippen molar-refractivity contribution in [2.75, 3.05) is 24.3 Å². The van der Waals surface area contributed by atoms with Crippen LogP contribution in [0.4, 0.5) is 11.8 Å². The zero-order chi connectivity index (χ0) is 19.0. The van der Waals surface area contributed by atoms with Crippen LogP contribution in [0.25, 0.3) is 5.57 Å². The second-order valence-corrected chi connectivity index (χ2v) is 6.34. The number of aliphatic carboxylic acids is 1. The van der Waals surface area contributed by atoms with E-state index in [0.717, 1.165) is 28.6 Å². The first-order valence-corrected chi connectivity index (χ1v) is 8.20. The van der Waals surface area contributed by atoms with E-state index in [1.54, 1.807) is 13.3 Å². The molecule has 0 aromatic carbocycles. The van der Waals surface area contributed by atoms with Crippen LogP contribution >= 0.6 is 11.6 Å². The highest BCUT2D eigenvalue weighted by atomic mass is 35.5. The molecule has 26 heavy (non-hydrogen) atoms. The molecule has 1 aliphatic rings. The molecule has 0 bridgehead atoms. The highest BCUT2D eigenvalue weighted by Gasteiger charge is 2.30. The number of aromatic nitrogens is 3. The van der Waals surface area contributed by atoms with Gasteiger partial charge in [0.15, 0.2) is 0 Å². The van der Waals surface area contributed by atoms with Crippen molar-refractivity contribution < 1.29 is 14.6 Å². The summed E-state index contributed by atoms with van der Waals surface area (Å²) in [7, 11) is 1.62. The lowest BCUT2D eigenvalue weighted by Crippen LogP contribution is -2.22. The van der Waals surface area contributed by atoms with Gasteiger partial charge in [-0.2, -0.15) is 4.98 Å². The van der Waals surface area contributed by atoms with Crippen LogP contribution in [0.5, 0.6) is 5.75 Å². The molecule has 0 spiro atoms. The van der Waals surface area contributed by atoms with E-state index >= 15 is 0 Å². The first kappa shape index (κ1) is 17.9. The topological polar surface area (TPSA) is 114 Å². The molecule has 0 radical (unpaired) electrons. The fourth-order valence-electron chi connectivity index (χ4n) is 3.11. The molecule has 0 aliphatic carbocycles. The maximum Gasteiger partial charge on any atom is 0.328 e. The Morgan fingerprint density at radius 2 is 2.19 bits per heavy atom. The number of aryl methyl sites for hydroxylation is 1. The number of hydrogen-bond donors (Lipinski definition) is 2. The van der Waals surface area contributed by atoms with Crippen LogP contribution < -0.4 is 15.4 Å². The number of rotatable bonds is 4. The van der Waals surface area contributed by atoms with E-state index in [-0.39, 0.29) is 11.1 Å². The van der Waals surface area contributed by atoms with E-state index in [4.69, 9.17) is 27.2 Å². The number of hydrogen-bond acceptors (Lipinski definition) is 7. The molecule has 0 saturated heterocycles. The van der Waals surface area contributed by atoms with Crippen LogP contribution in [0.2, 0.25) is 5.15 Å². The van der Waals surface area contributed by atoms with Crippen LogP contribution in [-0.2, 0) is 11.3 Å². The number of carboxylic acid groups (broad SMARTS) is 1. The molecule has 2 aromatic rings. The molecule has 1 aliphatic heterocycles. The summed E-state index contributed by atoms with van der Waals surface area (Å²) in [5, 5.41) is 9.26. The lowest BCUT2D eigenvalue weighted by atomic mass is 10.1. The van der Waals surface area contributed by atoms with E-state index in [0.29, 0.717) is 30.0 Å². The highest BCUT2D eigenvalue weighted by molar-refractivity contribution is 6.32. The number of nitrogen functional groups attached to an aromatic ring is 1. The van der Waals surface area contributed by atoms with Gasteiger partial charge >= 0.3 is 5.97 Å². The van der Waals surface area contributed by atoms with Crippen molar-refractivity contribution in [1.82, 2.24) is 15.0 Å². The summed E-state index contributed by atoms with van der Waals surface area (Å²) < 4.78 is 5.45. The molecule has 9 heteroatoms. The summed E-state index contributed by atoms with van der Waals surface area (Å²) in [5.41, 5.74) is 9.38. The summed E-state index contributed by atoms with van der Waals surface area (Å²) >= 11 is 6.19. The van der Waals surface area contributed by atoms with Crippen LogP contribution in [0.3, 0.4) is 0 Å². The van der Waals surface area contributed by atoms with E-state index in [2.05, 4.69) is 15.0 Å². The predicted molar refractivity (Wildman–Crippen MR) is 98.4 cm³/mol. The van der Waals surface area contributed by atoms with Gasteiger partial charge in [-0.25, -0.2) is 9.78 Å². The average molecular weight is 376 g/mol. The number of pyridine rings is 1. The van der Waals surface area contributed by atoms with E-state index in [1.807, 2.05) is 18.7 Å². The van der Waals surface area contributed by atoms with Crippen LogP contribution in [-0.4, -0.2) is 39.7 Å². The van der Waals surface area contributed by atoms with Crippen molar-refractivity contribution in [2.45, 2.75) is 20.4 Å².